The molecule has 0 saturated carbocycles. The van der Waals surface area contributed by atoms with Crippen LogP contribution in [0.1, 0.15) is 24.0 Å². The second kappa shape index (κ2) is 8.48. The maximum atomic E-state index is 6.02. The number of nitrogens with one attached hydrogen (secondary N) is 1. The first-order valence-corrected chi connectivity index (χ1v) is 8.60. The van der Waals surface area contributed by atoms with Gasteiger partial charge in [0.05, 0.1) is 13.2 Å². The molecule has 132 valence electrons. The van der Waals surface area contributed by atoms with E-state index in [-0.39, 0.29) is 0 Å². The molecule has 2 heterocycles. The van der Waals surface area contributed by atoms with Crippen molar-refractivity contribution >= 4 is 17.5 Å². The average Bonchev–Trinajstić information content (AvgIpc) is 3.17. The molecule has 1 saturated heterocycles. The van der Waals surface area contributed by atoms with Crippen LogP contribution >= 0.6 is 0 Å². The number of pyridine rings is 1. The fraction of sp³-hybridized carbons (Fsp3) is 0.368. The van der Waals surface area contributed by atoms with Crippen molar-refractivity contribution in [3.63, 3.8) is 0 Å². The third kappa shape index (κ3) is 4.70. The van der Waals surface area contributed by atoms with E-state index in [0.717, 1.165) is 35.7 Å². The molecule has 0 aliphatic carbocycles. The summed E-state index contributed by atoms with van der Waals surface area (Å²) in [6.07, 6.45) is 4.38. The number of anilines is 2. The van der Waals surface area contributed by atoms with Crippen molar-refractivity contribution in [2.75, 3.05) is 30.4 Å². The molecule has 25 heavy (non-hydrogen) atoms. The van der Waals surface area contributed by atoms with Crippen molar-refractivity contribution in [1.29, 1.82) is 0 Å². The van der Waals surface area contributed by atoms with E-state index in [2.05, 4.69) is 32.3 Å². The van der Waals surface area contributed by atoms with Crippen LogP contribution in [0.3, 0.4) is 0 Å². The van der Waals surface area contributed by atoms with E-state index in [9.17, 15) is 0 Å². The van der Waals surface area contributed by atoms with E-state index in [1.807, 2.05) is 30.5 Å². The first-order chi connectivity index (χ1) is 12.3. The highest BCUT2D eigenvalue weighted by Crippen LogP contribution is 2.18. The average molecular weight is 339 g/mol. The lowest BCUT2D eigenvalue weighted by molar-refractivity contribution is 0.185. The Bertz CT molecular complexity index is 708. The molecular formula is C19H25N5O. The van der Waals surface area contributed by atoms with Gasteiger partial charge in [-0.05, 0) is 30.5 Å². The summed E-state index contributed by atoms with van der Waals surface area (Å²) in [4.78, 5) is 11.3. The number of benzene rings is 1. The first-order valence-electron chi connectivity index (χ1n) is 8.60. The number of nitrogens with two attached hydrogens (primary N) is 1. The zero-order valence-corrected chi connectivity index (χ0v) is 14.6. The molecular weight excluding hydrogens is 314 g/mol. The summed E-state index contributed by atoms with van der Waals surface area (Å²) in [5.41, 5.74) is 9.01. The number of aromatic nitrogens is 1. The normalized spacial score (nSPS) is 14.8. The van der Waals surface area contributed by atoms with Crippen molar-refractivity contribution in [3.8, 4) is 0 Å². The Hall–Kier alpha value is -2.60. The smallest absolute Gasteiger partial charge is 0.193 e. The summed E-state index contributed by atoms with van der Waals surface area (Å²) in [6.45, 7) is 3.22. The molecule has 0 atom stereocenters. The van der Waals surface area contributed by atoms with Gasteiger partial charge >= 0.3 is 0 Å². The third-order valence-corrected chi connectivity index (χ3v) is 4.25. The first kappa shape index (κ1) is 17.2. The number of aliphatic imine (C=N–C) groups is 1. The van der Waals surface area contributed by atoms with Crippen molar-refractivity contribution < 1.29 is 4.74 Å². The second-order valence-electron chi connectivity index (χ2n) is 6.14. The Kier molecular flexibility index (Phi) is 5.85. The van der Waals surface area contributed by atoms with E-state index >= 15 is 0 Å². The summed E-state index contributed by atoms with van der Waals surface area (Å²) in [6, 6.07) is 12.0. The SMILES string of the molecule is COCc1ccccc1NC(N)=NCc1ccc(N2CCCC2)nc1. The summed E-state index contributed by atoms with van der Waals surface area (Å²) < 4.78 is 5.20. The van der Waals surface area contributed by atoms with E-state index in [0.29, 0.717) is 19.1 Å². The van der Waals surface area contributed by atoms with Crippen molar-refractivity contribution in [2.45, 2.75) is 26.0 Å². The Labute approximate surface area is 148 Å². The lowest BCUT2D eigenvalue weighted by Gasteiger charge is -2.16. The standard InChI is InChI=1S/C19H25N5O/c1-25-14-16-6-2-3-7-17(16)23-19(20)22-13-15-8-9-18(21-12-15)24-10-4-5-11-24/h2-3,6-9,12H,4-5,10-11,13-14H2,1H3,(H3,20,22,23). The number of hydrogen-bond donors (Lipinski definition) is 2. The third-order valence-electron chi connectivity index (χ3n) is 4.25. The molecule has 6 nitrogen and oxygen atoms in total. The minimum absolute atomic E-state index is 0.382. The van der Waals surface area contributed by atoms with Gasteiger partial charge in [0.2, 0.25) is 0 Å². The monoisotopic (exact) mass is 339 g/mol. The number of rotatable bonds is 6. The van der Waals surface area contributed by atoms with Gasteiger partial charge in [-0.3, -0.25) is 0 Å². The van der Waals surface area contributed by atoms with Crippen LogP contribution in [0.5, 0.6) is 0 Å². The Morgan fingerprint density at radius 2 is 2.04 bits per heavy atom. The van der Waals surface area contributed by atoms with Crippen LogP contribution in [0.15, 0.2) is 47.6 Å². The van der Waals surface area contributed by atoms with Crippen LogP contribution in [-0.2, 0) is 17.9 Å². The highest BCUT2D eigenvalue weighted by atomic mass is 16.5. The van der Waals surface area contributed by atoms with Gasteiger partial charge in [0, 0.05) is 37.6 Å². The highest BCUT2D eigenvalue weighted by molar-refractivity contribution is 5.92. The quantitative estimate of drug-likeness (QED) is 0.625. The molecule has 0 spiro atoms. The number of para-hydroxylation sites is 1. The predicted octanol–water partition coefficient (Wildman–Crippen LogP) is 2.76. The highest BCUT2D eigenvalue weighted by Gasteiger charge is 2.12. The number of nitrogens with zero attached hydrogens (tertiary/aromatic N) is 3. The summed E-state index contributed by atoms with van der Waals surface area (Å²) in [5.74, 6) is 1.43. The lowest BCUT2D eigenvalue weighted by Crippen LogP contribution is -2.23. The molecule has 0 bridgehead atoms. The number of methoxy groups -OCH3 is 1. The van der Waals surface area contributed by atoms with Crippen LogP contribution in [0.4, 0.5) is 11.5 Å². The molecule has 1 aromatic heterocycles. The number of ether oxygens (including phenoxy) is 1. The van der Waals surface area contributed by atoms with Crippen LogP contribution in [0.2, 0.25) is 0 Å². The van der Waals surface area contributed by atoms with E-state index < -0.39 is 0 Å². The fourth-order valence-electron chi connectivity index (χ4n) is 2.92. The zero-order chi connectivity index (χ0) is 17.5. The molecule has 3 N–H and O–H groups in total. The van der Waals surface area contributed by atoms with Gasteiger partial charge < -0.3 is 20.7 Å². The fourth-order valence-corrected chi connectivity index (χ4v) is 2.92. The zero-order valence-electron chi connectivity index (χ0n) is 14.6. The molecule has 1 aliphatic heterocycles. The van der Waals surface area contributed by atoms with Crippen molar-refractivity contribution in [1.82, 2.24) is 4.98 Å². The Morgan fingerprint density at radius 3 is 2.76 bits per heavy atom. The van der Waals surface area contributed by atoms with Gasteiger partial charge in [0.1, 0.15) is 5.82 Å². The van der Waals surface area contributed by atoms with Crippen LogP contribution < -0.4 is 16.0 Å². The number of hydrogen-bond acceptors (Lipinski definition) is 4. The van der Waals surface area contributed by atoms with Gasteiger partial charge in [-0.1, -0.05) is 24.3 Å². The minimum atomic E-state index is 0.382. The van der Waals surface area contributed by atoms with Gasteiger partial charge in [-0.25, -0.2) is 9.98 Å². The van der Waals surface area contributed by atoms with Crippen molar-refractivity contribution in [2.24, 2.45) is 10.7 Å². The van der Waals surface area contributed by atoms with Gasteiger partial charge in [0.15, 0.2) is 5.96 Å². The van der Waals surface area contributed by atoms with Crippen LogP contribution in [0, 0.1) is 0 Å². The largest absolute Gasteiger partial charge is 0.380 e. The van der Waals surface area contributed by atoms with Gasteiger partial charge in [0.25, 0.3) is 0 Å². The van der Waals surface area contributed by atoms with Crippen LogP contribution in [0.25, 0.3) is 0 Å². The molecule has 0 amide bonds. The molecule has 1 fully saturated rings. The van der Waals surface area contributed by atoms with E-state index in [1.54, 1.807) is 7.11 Å². The molecule has 1 aliphatic rings. The molecule has 1 aromatic carbocycles. The van der Waals surface area contributed by atoms with Gasteiger partial charge in [-0.2, -0.15) is 0 Å². The molecule has 0 unspecified atom stereocenters. The Balaban J connectivity index is 1.59. The molecule has 6 heteroatoms. The summed E-state index contributed by atoms with van der Waals surface area (Å²) in [7, 11) is 1.67. The second-order valence-corrected chi connectivity index (χ2v) is 6.14. The summed E-state index contributed by atoms with van der Waals surface area (Å²) >= 11 is 0. The topological polar surface area (TPSA) is 75.8 Å². The molecule has 3 rings (SSSR count). The van der Waals surface area contributed by atoms with E-state index in [1.165, 1.54) is 12.8 Å². The Morgan fingerprint density at radius 1 is 1.24 bits per heavy atom. The molecule has 0 radical (unpaired) electrons. The van der Waals surface area contributed by atoms with Crippen molar-refractivity contribution in [3.05, 3.63) is 53.7 Å². The maximum Gasteiger partial charge on any atom is 0.193 e. The maximum absolute atomic E-state index is 6.02. The van der Waals surface area contributed by atoms with E-state index in [4.69, 9.17) is 10.5 Å². The number of guanidine groups is 1. The minimum Gasteiger partial charge on any atom is -0.380 e. The molecule has 2 aromatic rings. The van der Waals surface area contributed by atoms with Gasteiger partial charge in [-0.15, -0.1) is 0 Å². The predicted molar refractivity (Wildman–Crippen MR) is 102 cm³/mol. The summed E-state index contributed by atoms with van der Waals surface area (Å²) in [5, 5.41) is 3.14. The lowest BCUT2D eigenvalue weighted by atomic mass is 10.2. The van der Waals surface area contributed by atoms with Crippen LogP contribution in [-0.4, -0.2) is 31.1 Å².